The number of hydrogen-bond acceptors (Lipinski definition) is 3. The number of hydrogen-bond donors (Lipinski definition) is 1. The van der Waals surface area contributed by atoms with Crippen molar-refractivity contribution in [3.8, 4) is 5.69 Å². The summed E-state index contributed by atoms with van der Waals surface area (Å²) >= 11 is 0. The Morgan fingerprint density at radius 3 is 2.62 bits per heavy atom. The van der Waals surface area contributed by atoms with Gasteiger partial charge in [0.15, 0.2) is 0 Å². The van der Waals surface area contributed by atoms with Crippen molar-refractivity contribution in [3.05, 3.63) is 78.6 Å². The number of amides is 1. The fraction of sp³-hybridized carbons (Fsp3) is 0.238. The number of carbonyl (C=O) groups excluding carboxylic acids is 1. The van der Waals surface area contributed by atoms with Crippen molar-refractivity contribution in [2.45, 2.75) is 25.4 Å². The van der Waals surface area contributed by atoms with Crippen LogP contribution in [-0.4, -0.2) is 33.2 Å². The third-order valence-corrected chi connectivity index (χ3v) is 4.80. The lowest BCUT2D eigenvalue weighted by Gasteiger charge is -2.23. The van der Waals surface area contributed by atoms with Crippen LogP contribution in [0.5, 0.6) is 0 Å². The van der Waals surface area contributed by atoms with E-state index in [9.17, 15) is 4.79 Å². The van der Waals surface area contributed by atoms with Gasteiger partial charge in [-0.1, -0.05) is 30.3 Å². The first-order valence-corrected chi connectivity index (χ1v) is 8.98. The molecule has 1 amide bonds. The van der Waals surface area contributed by atoms with E-state index in [2.05, 4.69) is 39.6 Å². The van der Waals surface area contributed by atoms with Crippen LogP contribution >= 0.6 is 0 Å². The quantitative estimate of drug-likeness (QED) is 0.769. The zero-order valence-electron chi connectivity index (χ0n) is 14.6. The van der Waals surface area contributed by atoms with Crippen LogP contribution < -0.4 is 5.32 Å². The van der Waals surface area contributed by atoms with Gasteiger partial charge in [0.05, 0.1) is 11.7 Å². The number of aromatic nitrogens is 2. The van der Waals surface area contributed by atoms with Crippen molar-refractivity contribution >= 4 is 11.6 Å². The van der Waals surface area contributed by atoms with Crippen molar-refractivity contribution in [3.63, 3.8) is 0 Å². The maximum absolute atomic E-state index is 12.7. The van der Waals surface area contributed by atoms with Crippen LogP contribution in [0.1, 0.15) is 18.4 Å². The topological polar surface area (TPSA) is 50.2 Å². The SMILES string of the molecule is O=C(Nc1ccccc1)[C@H]1CCCN1Cc1ccc(-n2cccn2)cc1. The summed E-state index contributed by atoms with van der Waals surface area (Å²) in [6.45, 7) is 1.74. The molecule has 0 radical (unpaired) electrons. The molecule has 1 saturated heterocycles. The van der Waals surface area contributed by atoms with Gasteiger partial charge >= 0.3 is 0 Å². The van der Waals surface area contributed by atoms with Gasteiger partial charge in [0.25, 0.3) is 0 Å². The minimum Gasteiger partial charge on any atom is -0.325 e. The first-order valence-electron chi connectivity index (χ1n) is 8.98. The van der Waals surface area contributed by atoms with E-state index in [0.717, 1.165) is 37.3 Å². The number of carbonyl (C=O) groups is 1. The maximum Gasteiger partial charge on any atom is 0.241 e. The maximum atomic E-state index is 12.7. The van der Waals surface area contributed by atoms with E-state index in [1.54, 1.807) is 6.20 Å². The number of nitrogens with zero attached hydrogens (tertiary/aromatic N) is 3. The van der Waals surface area contributed by atoms with Gasteiger partial charge < -0.3 is 5.32 Å². The molecule has 0 bridgehead atoms. The summed E-state index contributed by atoms with van der Waals surface area (Å²) in [5, 5.41) is 7.28. The van der Waals surface area contributed by atoms with Gasteiger partial charge in [-0.05, 0) is 55.3 Å². The van der Waals surface area contributed by atoms with Crippen molar-refractivity contribution in [2.24, 2.45) is 0 Å². The van der Waals surface area contributed by atoms with Gasteiger partial charge in [-0.25, -0.2) is 4.68 Å². The monoisotopic (exact) mass is 346 g/mol. The van der Waals surface area contributed by atoms with Gasteiger partial charge in [-0.3, -0.25) is 9.69 Å². The Hall–Kier alpha value is -2.92. The highest BCUT2D eigenvalue weighted by Crippen LogP contribution is 2.22. The molecule has 1 aromatic heterocycles. The Morgan fingerprint density at radius 1 is 1.08 bits per heavy atom. The molecule has 4 rings (SSSR count). The predicted molar refractivity (Wildman–Crippen MR) is 102 cm³/mol. The molecule has 1 aliphatic heterocycles. The molecule has 1 fully saturated rings. The van der Waals surface area contributed by atoms with Crippen molar-refractivity contribution in [1.29, 1.82) is 0 Å². The molecule has 5 nitrogen and oxygen atoms in total. The normalized spacial score (nSPS) is 17.3. The van der Waals surface area contributed by atoms with E-state index in [4.69, 9.17) is 0 Å². The standard InChI is InChI=1S/C21H22N4O/c26-21(23-18-6-2-1-3-7-18)20-8-4-14-24(20)16-17-9-11-19(12-10-17)25-15-5-13-22-25/h1-3,5-7,9-13,15,20H,4,8,14,16H2,(H,23,26)/t20-/m1/s1. The fourth-order valence-electron chi connectivity index (χ4n) is 3.47. The molecule has 1 atom stereocenters. The van der Waals surface area contributed by atoms with Crippen LogP contribution in [0.15, 0.2) is 73.1 Å². The average molecular weight is 346 g/mol. The third-order valence-electron chi connectivity index (χ3n) is 4.80. The Kier molecular flexibility index (Phi) is 4.80. The lowest BCUT2D eigenvalue weighted by Crippen LogP contribution is -2.39. The molecular formula is C21H22N4O. The first-order chi connectivity index (χ1) is 12.8. The van der Waals surface area contributed by atoms with Gasteiger partial charge in [-0.15, -0.1) is 0 Å². The van der Waals surface area contributed by atoms with Crippen LogP contribution in [0.2, 0.25) is 0 Å². The van der Waals surface area contributed by atoms with Gasteiger partial charge in [0.2, 0.25) is 5.91 Å². The summed E-state index contributed by atoms with van der Waals surface area (Å²) in [5.74, 6) is 0.0851. The molecule has 26 heavy (non-hydrogen) atoms. The minimum atomic E-state index is -0.0685. The third kappa shape index (κ3) is 3.68. The molecule has 0 spiro atoms. The summed E-state index contributed by atoms with van der Waals surface area (Å²) in [5.41, 5.74) is 3.10. The average Bonchev–Trinajstić information content (AvgIpc) is 3.35. The van der Waals surface area contributed by atoms with E-state index < -0.39 is 0 Å². The summed E-state index contributed by atoms with van der Waals surface area (Å²) in [4.78, 5) is 14.9. The molecule has 0 aliphatic carbocycles. The number of anilines is 1. The zero-order valence-corrected chi connectivity index (χ0v) is 14.6. The van der Waals surface area contributed by atoms with Crippen LogP contribution in [0, 0.1) is 0 Å². The Bertz CT molecular complexity index is 843. The van der Waals surface area contributed by atoms with E-state index >= 15 is 0 Å². The smallest absolute Gasteiger partial charge is 0.241 e. The Balaban J connectivity index is 1.41. The molecule has 1 N–H and O–H groups in total. The van der Waals surface area contributed by atoms with E-state index in [-0.39, 0.29) is 11.9 Å². The summed E-state index contributed by atoms with van der Waals surface area (Å²) < 4.78 is 1.84. The largest absolute Gasteiger partial charge is 0.325 e. The van der Waals surface area contributed by atoms with Crippen molar-refractivity contribution in [1.82, 2.24) is 14.7 Å². The Labute approximate surface area is 153 Å². The number of nitrogens with one attached hydrogen (secondary N) is 1. The zero-order chi connectivity index (χ0) is 17.8. The number of rotatable bonds is 5. The summed E-state index contributed by atoms with van der Waals surface area (Å²) in [7, 11) is 0. The van der Waals surface area contributed by atoms with Crippen LogP contribution in [0.4, 0.5) is 5.69 Å². The van der Waals surface area contributed by atoms with E-state index in [0.29, 0.717) is 0 Å². The van der Waals surface area contributed by atoms with E-state index in [1.165, 1.54) is 5.56 Å². The molecule has 5 heteroatoms. The van der Waals surface area contributed by atoms with Crippen molar-refractivity contribution in [2.75, 3.05) is 11.9 Å². The number of para-hydroxylation sites is 1. The molecular weight excluding hydrogens is 324 g/mol. The van der Waals surface area contributed by atoms with Crippen LogP contribution in [-0.2, 0) is 11.3 Å². The minimum absolute atomic E-state index is 0.0685. The molecule has 3 aromatic rings. The lowest BCUT2D eigenvalue weighted by atomic mass is 10.1. The molecule has 2 heterocycles. The molecule has 132 valence electrons. The Morgan fingerprint density at radius 2 is 1.88 bits per heavy atom. The van der Waals surface area contributed by atoms with Crippen molar-refractivity contribution < 1.29 is 4.79 Å². The lowest BCUT2D eigenvalue weighted by molar-refractivity contribution is -0.120. The second-order valence-electron chi connectivity index (χ2n) is 6.60. The van der Waals surface area contributed by atoms with Gasteiger partial charge in [0, 0.05) is 24.6 Å². The number of benzene rings is 2. The summed E-state index contributed by atoms with van der Waals surface area (Å²) in [6.07, 6.45) is 5.66. The second-order valence-corrected chi connectivity index (χ2v) is 6.60. The van der Waals surface area contributed by atoms with Crippen LogP contribution in [0.3, 0.4) is 0 Å². The molecule has 1 aliphatic rings. The fourth-order valence-corrected chi connectivity index (χ4v) is 3.47. The molecule has 0 saturated carbocycles. The highest BCUT2D eigenvalue weighted by atomic mass is 16.2. The van der Waals surface area contributed by atoms with Gasteiger partial charge in [-0.2, -0.15) is 5.10 Å². The first kappa shape index (κ1) is 16.5. The highest BCUT2D eigenvalue weighted by molar-refractivity contribution is 5.94. The van der Waals surface area contributed by atoms with Crippen LogP contribution in [0.25, 0.3) is 5.69 Å². The van der Waals surface area contributed by atoms with E-state index in [1.807, 2.05) is 47.3 Å². The second kappa shape index (κ2) is 7.54. The molecule has 2 aromatic carbocycles. The highest BCUT2D eigenvalue weighted by Gasteiger charge is 2.30. The summed E-state index contributed by atoms with van der Waals surface area (Å²) in [6, 6.07) is 19.9. The predicted octanol–water partition coefficient (Wildman–Crippen LogP) is 3.48. The number of likely N-dealkylation sites (tertiary alicyclic amines) is 1. The molecule has 0 unspecified atom stereocenters. The van der Waals surface area contributed by atoms with Gasteiger partial charge in [0.1, 0.15) is 0 Å².